The molecule has 0 bridgehead atoms. The molecule has 6 heteroatoms. The van der Waals surface area contributed by atoms with Gasteiger partial charge in [0.2, 0.25) is 0 Å². The smallest absolute Gasteiger partial charge is 0.319 e. The molecule has 2 rings (SSSR count). The summed E-state index contributed by atoms with van der Waals surface area (Å²) >= 11 is 0. The molecule has 0 fully saturated rings. The average molecular weight is 370 g/mol. The minimum Gasteiger partial charge on any atom is -0.492 e. The molecule has 1 atom stereocenters. The third-order valence-electron chi connectivity index (χ3n) is 4.31. The lowest BCUT2D eigenvalue weighted by Gasteiger charge is -2.26. The Labute approximate surface area is 162 Å². The van der Waals surface area contributed by atoms with Gasteiger partial charge >= 0.3 is 6.03 Å². The van der Waals surface area contributed by atoms with Gasteiger partial charge in [0.1, 0.15) is 5.75 Å². The van der Waals surface area contributed by atoms with Gasteiger partial charge in [-0.3, -0.25) is 0 Å². The number of carbonyl (C=O) groups excluding carboxylic acids is 1. The first-order valence-electron chi connectivity index (χ1n) is 9.12. The topological polar surface area (TPSA) is 56.8 Å². The Bertz CT molecular complexity index is 729. The highest BCUT2D eigenvalue weighted by atomic mass is 16.5. The van der Waals surface area contributed by atoms with E-state index < -0.39 is 0 Å². The number of hydrogen-bond donors (Lipinski definition) is 2. The number of rotatable bonds is 8. The SMILES string of the molecule is CCOc1ccccc1NC(=O)NC[C@H](c1ccc(N(C)C)cc1)N(C)C. The fourth-order valence-electron chi connectivity index (χ4n) is 2.80. The molecule has 2 amide bonds. The third-order valence-corrected chi connectivity index (χ3v) is 4.31. The Kier molecular flexibility index (Phi) is 7.49. The van der Waals surface area contributed by atoms with E-state index in [0.29, 0.717) is 24.6 Å². The Balaban J connectivity index is 2.00. The zero-order valence-electron chi connectivity index (χ0n) is 16.8. The number of urea groups is 1. The maximum atomic E-state index is 12.4. The fourth-order valence-corrected chi connectivity index (χ4v) is 2.80. The molecule has 27 heavy (non-hydrogen) atoms. The number of nitrogens with zero attached hydrogens (tertiary/aromatic N) is 2. The molecule has 0 heterocycles. The molecule has 0 aromatic heterocycles. The molecule has 2 N–H and O–H groups in total. The van der Waals surface area contributed by atoms with Crippen LogP contribution in [-0.2, 0) is 0 Å². The van der Waals surface area contributed by atoms with Gasteiger partial charge in [-0.2, -0.15) is 0 Å². The molecule has 0 aliphatic rings. The highest BCUT2D eigenvalue weighted by Crippen LogP contribution is 2.24. The quantitative estimate of drug-likeness (QED) is 0.746. The first-order valence-corrected chi connectivity index (χ1v) is 9.12. The van der Waals surface area contributed by atoms with Gasteiger partial charge in [-0.05, 0) is 50.8 Å². The van der Waals surface area contributed by atoms with Gasteiger partial charge in [0.25, 0.3) is 0 Å². The third kappa shape index (κ3) is 5.89. The standard InChI is InChI=1S/C21H30N4O2/c1-6-27-20-10-8-7-9-18(20)23-21(26)22-15-19(25(4)5)16-11-13-17(14-12-16)24(2)3/h7-14,19H,6,15H2,1-5H3,(H2,22,23,26)/t19-/m1/s1. The maximum absolute atomic E-state index is 12.4. The van der Waals surface area contributed by atoms with Crippen LogP contribution in [0.3, 0.4) is 0 Å². The molecule has 0 unspecified atom stereocenters. The fraction of sp³-hybridized carbons (Fsp3) is 0.381. The first-order chi connectivity index (χ1) is 12.9. The van der Waals surface area contributed by atoms with Gasteiger partial charge in [0.05, 0.1) is 18.3 Å². The number of ether oxygens (including phenoxy) is 1. The van der Waals surface area contributed by atoms with Crippen LogP contribution in [0.1, 0.15) is 18.5 Å². The summed E-state index contributed by atoms with van der Waals surface area (Å²) in [6, 6.07) is 15.6. The van der Waals surface area contributed by atoms with Gasteiger partial charge in [0, 0.05) is 26.3 Å². The molecule has 0 spiro atoms. The largest absolute Gasteiger partial charge is 0.492 e. The van der Waals surface area contributed by atoms with Crippen LogP contribution < -0.4 is 20.3 Å². The Hall–Kier alpha value is -2.73. The molecular formula is C21H30N4O2. The van der Waals surface area contributed by atoms with E-state index in [0.717, 1.165) is 11.3 Å². The van der Waals surface area contributed by atoms with Crippen molar-refractivity contribution in [2.75, 3.05) is 51.6 Å². The number of hydrogen-bond acceptors (Lipinski definition) is 4. The van der Waals surface area contributed by atoms with Crippen molar-refractivity contribution < 1.29 is 9.53 Å². The zero-order valence-corrected chi connectivity index (χ0v) is 16.8. The number of nitrogens with one attached hydrogen (secondary N) is 2. The van der Waals surface area contributed by atoms with Crippen molar-refractivity contribution in [3.63, 3.8) is 0 Å². The maximum Gasteiger partial charge on any atom is 0.319 e. The van der Waals surface area contributed by atoms with E-state index >= 15 is 0 Å². The van der Waals surface area contributed by atoms with Crippen molar-refractivity contribution in [2.24, 2.45) is 0 Å². The van der Waals surface area contributed by atoms with Crippen LogP contribution in [0.2, 0.25) is 0 Å². The van der Waals surface area contributed by atoms with Crippen molar-refractivity contribution >= 4 is 17.4 Å². The summed E-state index contributed by atoms with van der Waals surface area (Å²) in [5, 5.41) is 5.82. The van der Waals surface area contributed by atoms with Crippen LogP contribution in [0.25, 0.3) is 0 Å². The molecule has 146 valence electrons. The molecule has 2 aromatic carbocycles. The van der Waals surface area contributed by atoms with E-state index in [1.807, 2.05) is 59.4 Å². The summed E-state index contributed by atoms with van der Waals surface area (Å²) in [6.45, 7) is 2.96. The average Bonchev–Trinajstić information content (AvgIpc) is 2.64. The second-order valence-electron chi connectivity index (χ2n) is 6.73. The highest BCUT2D eigenvalue weighted by molar-refractivity contribution is 5.90. The Morgan fingerprint density at radius 3 is 2.30 bits per heavy atom. The van der Waals surface area contributed by atoms with E-state index in [2.05, 4.69) is 44.7 Å². The summed E-state index contributed by atoms with van der Waals surface area (Å²) in [4.78, 5) is 16.5. The number of anilines is 2. The van der Waals surface area contributed by atoms with Gasteiger partial charge in [-0.1, -0.05) is 24.3 Å². The van der Waals surface area contributed by atoms with Crippen LogP contribution in [-0.4, -0.2) is 52.3 Å². The van der Waals surface area contributed by atoms with Crippen LogP contribution in [0, 0.1) is 0 Å². The molecular weight excluding hydrogens is 340 g/mol. The van der Waals surface area contributed by atoms with Gasteiger partial charge < -0.3 is 25.2 Å². The second-order valence-corrected chi connectivity index (χ2v) is 6.73. The lowest BCUT2D eigenvalue weighted by atomic mass is 10.1. The van der Waals surface area contributed by atoms with Crippen LogP contribution >= 0.6 is 0 Å². The van der Waals surface area contributed by atoms with Crippen LogP contribution in [0.4, 0.5) is 16.2 Å². The van der Waals surface area contributed by atoms with Crippen molar-refractivity contribution in [3.05, 3.63) is 54.1 Å². The van der Waals surface area contributed by atoms with E-state index in [1.165, 1.54) is 0 Å². The lowest BCUT2D eigenvalue weighted by Crippen LogP contribution is -2.37. The van der Waals surface area contributed by atoms with Crippen molar-refractivity contribution in [3.8, 4) is 5.75 Å². The molecule has 0 aliphatic carbocycles. The highest BCUT2D eigenvalue weighted by Gasteiger charge is 2.16. The summed E-state index contributed by atoms with van der Waals surface area (Å²) in [6.07, 6.45) is 0. The summed E-state index contributed by atoms with van der Waals surface area (Å²) < 4.78 is 5.55. The van der Waals surface area contributed by atoms with E-state index in [-0.39, 0.29) is 12.1 Å². The van der Waals surface area contributed by atoms with Crippen LogP contribution in [0.5, 0.6) is 5.75 Å². The number of likely N-dealkylation sites (N-methyl/N-ethyl adjacent to an activating group) is 1. The molecule has 0 saturated carbocycles. The molecule has 0 saturated heterocycles. The van der Waals surface area contributed by atoms with Gasteiger partial charge in [-0.15, -0.1) is 0 Å². The normalized spacial score (nSPS) is 11.8. The predicted molar refractivity (Wildman–Crippen MR) is 112 cm³/mol. The van der Waals surface area contributed by atoms with Crippen molar-refractivity contribution in [2.45, 2.75) is 13.0 Å². The monoisotopic (exact) mass is 370 g/mol. The van der Waals surface area contributed by atoms with Gasteiger partial charge in [-0.25, -0.2) is 4.79 Å². The summed E-state index contributed by atoms with van der Waals surface area (Å²) in [5.41, 5.74) is 2.96. The number of para-hydroxylation sites is 2. The minimum absolute atomic E-state index is 0.0779. The lowest BCUT2D eigenvalue weighted by molar-refractivity contribution is 0.243. The first kappa shape index (κ1) is 20.6. The molecule has 0 radical (unpaired) electrons. The Morgan fingerprint density at radius 1 is 1.04 bits per heavy atom. The molecule has 0 aliphatic heterocycles. The molecule has 6 nitrogen and oxygen atoms in total. The second kappa shape index (κ2) is 9.83. The van der Waals surface area contributed by atoms with Crippen molar-refractivity contribution in [1.29, 1.82) is 0 Å². The van der Waals surface area contributed by atoms with E-state index in [1.54, 1.807) is 0 Å². The van der Waals surface area contributed by atoms with Crippen LogP contribution in [0.15, 0.2) is 48.5 Å². The van der Waals surface area contributed by atoms with E-state index in [9.17, 15) is 4.79 Å². The van der Waals surface area contributed by atoms with E-state index in [4.69, 9.17) is 4.74 Å². The number of benzene rings is 2. The zero-order chi connectivity index (χ0) is 19.8. The van der Waals surface area contributed by atoms with Gasteiger partial charge in [0.15, 0.2) is 0 Å². The van der Waals surface area contributed by atoms with Crippen molar-refractivity contribution in [1.82, 2.24) is 10.2 Å². The predicted octanol–water partition coefficient (Wildman–Crippen LogP) is 3.58. The summed E-state index contributed by atoms with van der Waals surface area (Å²) in [5.74, 6) is 0.665. The number of amides is 2. The molecule has 2 aromatic rings. The number of carbonyl (C=O) groups is 1. The summed E-state index contributed by atoms with van der Waals surface area (Å²) in [7, 11) is 8.05. The minimum atomic E-state index is -0.251. The Morgan fingerprint density at radius 2 is 1.70 bits per heavy atom.